The van der Waals surface area contributed by atoms with E-state index < -0.39 is 0 Å². The molecule has 0 aliphatic rings. The van der Waals surface area contributed by atoms with Gasteiger partial charge in [0.25, 0.3) is 0 Å². The summed E-state index contributed by atoms with van der Waals surface area (Å²) in [6, 6.07) is 7.98. The maximum absolute atomic E-state index is 5.47. The number of thiophene rings is 1. The fourth-order valence-corrected chi connectivity index (χ4v) is 3.07. The highest BCUT2D eigenvalue weighted by Gasteiger charge is 2.14. The number of aromatic nitrogens is 3. The van der Waals surface area contributed by atoms with Gasteiger partial charge < -0.3 is 4.90 Å². The highest BCUT2D eigenvalue weighted by Crippen LogP contribution is 2.31. The van der Waals surface area contributed by atoms with Gasteiger partial charge in [-0.05, 0) is 25.1 Å². The van der Waals surface area contributed by atoms with Gasteiger partial charge in [0.05, 0.1) is 17.6 Å². The number of aryl methyl sites for hydroxylation is 1. The number of nitrogens with two attached hydrogens (primary N) is 1. The van der Waals surface area contributed by atoms with Crippen LogP contribution in [-0.2, 0) is 6.54 Å². The van der Waals surface area contributed by atoms with E-state index in [1.165, 1.54) is 4.88 Å². The lowest BCUT2D eigenvalue weighted by Gasteiger charge is -2.19. The second-order valence-electron chi connectivity index (χ2n) is 4.77. The van der Waals surface area contributed by atoms with Crippen molar-refractivity contribution >= 4 is 33.3 Å². The average molecular weight is 300 g/mol. The number of nitrogens with one attached hydrogen (secondary N) is 1. The van der Waals surface area contributed by atoms with Gasteiger partial charge in [-0.3, -0.25) is 10.4 Å². The van der Waals surface area contributed by atoms with E-state index in [2.05, 4.69) is 38.3 Å². The van der Waals surface area contributed by atoms with E-state index in [0.717, 1.165) is 21.7 Å². The molecular formula is C14H16N6S. The third kappa shape index (κ3) is 2.79. The third-order valence-corrected chi connectivity index (χ3v) is 4.06. The lowest BCUT2D eigenvalue weighted by Crippen LogP contribution is -2.20. The van der Waals surface area contributed by atoms with Crippen molar-refractivity contribution < 1.29 is 0 Å². The minimum absolute atomic E-state index is 0.423. The second kappa shape index (κ2) is 5.63. The zero-order valence-electron chi connectivity index (χ0n) is 11.9. The van der Waals surface area contributed by atoms with Crippen LogP contribution in [0.2, 0.25) is 0 Å². The van der Waals surface area contributed by atoms with Crippen LogP contribution in [0.1, 0.15) is 10.6 Å². The van der Waals surface area contributed by atoms with Gasteiger partial charge in [-0.2, -0.15) is 4.98 Å². The van der Waals surface area contributed by atoms with Gasteiger partial charge in [0.2, 0.25) is 5.95 Å². The van der Waals surface area contributed by atoms with Crippen molar-refractivity contribution in [3.8, 4) is 0 Å². The minimum Gasteiger partial charge on any atom is -0.353 e. The molecule has 3 N–H and O–H groups in total. The molecule has 0 radical (unpaired) electrons. The first-order valence-corrected chi connectivity index (χ1v) is 7.35. The Bertz CT molecular complexity index is 755. The molecule has 3 rings (SSSR count). The molecule has 108 valence electrons. The molecule has 0 unspecified atom stereocenters. The van der Waals surface area contributed by atoms with Crippen LogP contribution in [-0.4, -0.2) is 22.0 Å². The molecular weight excluding hydrogens is 284 g/mol. The molecule has 0 saturated carbocycles. The molecule has 0 amide bonds. The number of fused-ring (bicyclic) bond motifs is 1. The zero-order chi connectivity index (χ0) is 14.8. The second-order valence-corrected chi connectivity index (χ2v) is 6.00. The molecule has 0 bridgehead atoms. The largest absolute Gasteiger partial charge is 0.353 e. The predicted molar refractivity (Wildman–Crippen MR) is 86.3 cm³/mol. The fraction of sp³-hybridized carbons (Fsp3) is 0.214. The number of hydrogen-bond acceptors (Lipinski definition) is 7. The molecule has 0 fully saturated rings. The molecule has 6 nitrogen and oxygen atoms in total. The van der Waals surface area contributed by atoms with E-state index in [1.54, 1.807) is 17.5 Å². The maximum atomic E-state index is 5.47. The van der Waals surface area contributed by atoms with E-state index in [1.807, 2.05) is 25.2 Å². The topological polar surface area (TPSA) is 80.0 Å². The van der Waals surface area contributed by atoms with E-state index >= 15 is 0 Å². The van der Waals surface area contributed by atoms with Gasteiger partial charge in [-0.15, -0.1) is 11.3 Å². The van der Waals surface area contributed by atoms with Crippen LogP contribution in [0, 0.1) is 6.92 Å². The molecule has 0 aliphatic heterocycles. The number of hydrogen-bond donors (Lipinski definition) is 2. The Morgan fingerprint density at radius 3 is 2.90 bits per heavy atom. The molecule has 7 heteroatoms. The predicted octanol–water partition coefficient (Wildman–Crippen LogP) is 2.32. The number of nitrogen functional groups attached to an aromatic ring is 1. The fourth-order valence-electron chi connectivity index (χ4n) is 2.19. The van der Waals surface area contributed by atoms with Crippen LogP contribution in [0.4, 0.5) is 11.8 Å². The third-order valence-electron chi connectivity index (χ3n) is 3.11. The summed E-state index contributed by atoms with van der Waals surface area (Å²) < 4.78 is 0. The van der Waals surface area contributed by atoms with Crippen LogP contribution in [0.25, 0.3) is 10.2 Å². The Morgan fingerprint density at radius 1 is 1.33 bits per heavy atom. The molecule has 3 aromatic heterocycles. The van der Waals surface area contributed by atoms with E-state index in [-0.39, 0.29) is 0 Å². The van der Waals surface area contributed by atoms with Crippen molar-refractivity contribution in [2.45, 2.75) is 13.5 Å². The summed E-state index contributed by atoms with van der Waals surface area (Å²) in [6.45, 7) is 2.73. The highest BCUT2D eigenvalue weighted by molar-refractivity contribution is 7.18. The van der Waals surface area contributed by atoms with E-state index in [0.29, 0.717) is 12.5 Å². The highest BCUT2D eigenvalue weighted by atomic mass is 32.1. The summed E-state index contributed by atoms with van der Waals surface area (Å²) in [7, 11) is 1.99. The maximum Gasteiger partial charge on any atom is 0.240 e. The van der Waals surface area contributed by atoms with Crippen LogP contribution < -0.4 is 16.2 Å². The van der Waals surface area contributed by atoms with Gasteiger partial charge in [-0.25, -0.2) is 10.8 Å². The van der Waals surface area contributed by atoms with Crippen LogP contribution in [0.5, 0.6) is 0 Å². The van der Waals surface area contributed by atoms with E-state index in [4.69, 9.17) is 5.84 Å². The first kappa shape index (κ1) is 13.7. The Balaban J connectivity index is 2.01. The normalized spacial score (nSPS) is 10.8. The van der Waals surface area contributed by atoms with Crippen LogP contribution in [0.3, 0.4) is 0 Å². The Morgan fingerprint density at radius 2 is 2.19 bits per heavy atom. The lowest BCUT2D eigenvalue weighted by molar-refractivity contribution is 0.868. The number of pyridine rings is 1. The molecule has 0 spiro atoms. The molecule has 3 aromatic rings. The SMILES string of the molecule is Cc1cc2c(N(C)Cc3ccccn3)nc(NN)nc2s1. The summed E-state index contributed by atoms with van der Waals surface area (Å²) in [4.78, 5) is 17.4. The molecule has 0 atom stereocenters. The monoisotopic (exact) mass is 300 g/mol. The first-order valence-electron chi connectivity index (χ1n) is 6.53. The Labute approximate surface area is 126 Å². The minimum atomic E-state index is 0.423. The summed E-state index contributed by atoms with van der Waals surface area (Å²) in [5, 5.41) is 1.04. The number of anilines is 2. The average Bonchev–Trinajstić information content (AvgIpc) is 2.87. The quantitative estimate of drug-likeness (QED) is 0.568. The van der Waals surface area contributed by atoms with Gasteiger partial charge >= 0.3 is 0 Å². The molecule has 0 saturated heterocycles. The molecule has 21 heavy (non-hydrogen) atoms. The number of rotatable bonds is 4. The summed E-state index contributed by atoms with van der Waals surface area (Å²) >= 11 is 1.63. The van der Waals surface area contributed by atoms with Gasteiger partial charge in [0, 0.05) is 18.1 Å². The smallest absolute Gasteiger partial charge is 0.240 e. The Hall–Kier alpha value is -2.25. The Kier molecular flexibility index (Phi) is 3.68. The van der Waals surface area contributed by atoms with Gasteiger partial charge in [0.15, 0.2) is 0 Å². The van der Waals surface area contributed by atoms with E-state index in [9.17, 15) is 0 Å². The summed E-state index contributed by atoms with van der Waals surface area (Å²) in [6.07, 6.45) is 1.79. The van der Waals surface area contributed by atoms with Crippen molar-refractivity contribution in [3.63, 3.8) is 0 Å². The van der Waals surface area contributed by atoms with Crippen LogP contribution >= 0.6 is 11.3 Å². The summed E-state index contributed by atoms with van der Waals surface area (Å²) in [5.74, 6) is 6.74. The van der Waals surface area contributed by atoms with Crippen molar-refractivity contribution in [1.29, 1.82) is 0 Å². The zero-order valence-corrected chi connectivity index (χ0v) is 12.7. The van der Waals surface area contributed by atoms with Crippen molar-refractivity contribution in [1.82, 2.24) is 15.0 Å². The number of hydrazine groups is 1. The standard InChI is InChI=1S/C14H16N6S/c1-9-7-11-12(17-14(19-15)18-13(11)21-9)20(2)8-10-5-3-4-6-16-10/h3-7H,8,15H2,1-2H3,(H,17,18,19). The molecule has 3 heterocycles. The van der Waals surface area contributed by atoms with Crippen LogP contribution in [0.15, 0.2) is 30.5 Å². The number of nitrogens with zero attached hydrogens (tertiary/aromatic N) is 4. The molecule has 0 aromatic carbocycles. The van der Waals surface area contributed by atoms with Gasteiger partial charge in [-0.1, -0.05) is 6.07 Å². The van der Waals surface area contributed by atoms with Crippen molar-refractivity contribution in [2.24, 2.45) is 5.84 Å². The molecule has 0 aliphatic carbocycles. The lowest BCUT2D eigenvalue weighted by atomic mass is 10.3. The van der Waals surface area contributed by atoms with Crippen molar-refractivity contribution in [3.05, 3.63) is 41.0 Å². The van der Waals surface area contributed by atoms with Gasteiger partial charge in [0.1, 0.15) is 10.6 Å². The summed E-state index contributed by atoms with van der Waals surface area (Å²) in [5.41, 5.74) is 3.52. The first-order chi connectivity index (χ1) is 10.2. The van der Waals surface area contributed by atoms with Crippen molar-refractivity contribution in [2.75, 3.05) is 17.4 Å².